The molecule has 1 N–H and O–H groups in total. The van der Waals surface area contributed by atoms with Gasteiger partial charge in [-0.3, -0.25) is 4.90 Å². The first-order valence-corrected chi connectivity index (χ1v) is 7.55. The van der Waals surface area contributed by atoms with Gasteiger partial charge in [-0.15, -0.1) is 0 Å². The van der Waals surface area contributed by atoms with Crippen molar-refractivity contribution in [1.29, 1.82) is 0 Å². The maximum Gasteiger partial charge on any atom is 0.123 e. The van der Waals surface area contributed by atoms with Crippen LogP contribution in [-0.4, -0.2) is 40.5 Å². The fraction of sp³-hybridized carbons (Fsp3) is 0.438. The first kappa shape index (κ1) is 12.8. The lowest BCUT2D eigenvalue weighted by Crippen LogP contribution is -2.41. The molecular formula is C16H19FN4. The van der Waals surface area contributed by atoms with E-state index in [9.17, 15) is 4.39 Å². The van der Waals surface area contributed by atoms with Gasteiger partial charge in [-0.1, -0.05) is 0 Å². The van der Waals surface area contributed by atoms with Crippen molar-refractivity contribution >= 4 is 5.69 Å². The molecule has 0 amide bonds. The van der Waals surface area contributed by atoms with Gasteiger partial charge in [-0.05, 0) is 30.7 Å². The number of anilines is 1. The fourth-order valence-electron chi connectivity index (χ4n) is 3.47. The van der Waals surface area contributed by atoms with Crippen LogP contribution in [0.3, 0.4) is 0 Å². The van der Waals surface area contributed by atoms with Crippen LogP contribution in [0.15, 0.2) is 30.6 Å². The van der Waals surface area contributed by atoms with E-state index in [0.717, 1.165) is 38.3 Å². The van der Waals surface area contributed by atoms with Gasteiger partial charge in [-0.2, -0.15) is 0 Å². The number of hydrogen-bond acceptors (Lipinski definition) is 3. The molecule has 0 radical (unpaired) electrons. The van der Waals surface area contributed by atoms with Gasteiger partial charge >= 0.3 is 0 Å². The number of fused-ring (bicyclic) bond motifs is 1. The summed E-state index contributed by atoms with van der Waals surface area (Å²) in [5.74, 6) is -0.169. The summed E-state index contributed by atoms with van der Waals surface area (Å²) >= 11 is 0. The standard InChI is InChI=1S/C16H19FN4/c17-12-1-3-13(4-2-12)20-7-5-14(9-20)21-8-6-15-16(10-21)19-11-18-15/h1-4,11,14H,5-10H2,(H,18,19)/t14-/m0/s1. The van der Waals surface area contributed by atoms with E-state index >= 15 is 0 Å². The number of benzene rings is 1. The van der Waals surface area contributed by atoms with Crippen molar-refractivity contribution in [2.75, 3.05) is 24.5 Å². The third-order valence-electron chi connectivity index (χ3n) is 4.68. The molecule has 1 fully saturated rings. The molecule has 5 heteroatoms. The maximum absolute atomic E-state index is 13.0. The predicted molar refractivity (Wildman–Crippen MR) is 79.7 cm³/mol. The molecule has 3 heterocycles. The molecule has 2 aromatic rings. The van der Waals surface area contributed by atoms with E-state index in [-0.39, 0.29) is 5.82 Å². The number of rotatable bonds is 2. The molecule has 1 aromatic carbocycles. The summed E-state index contributed by atoms with van der Waals surface area (Å²) in [7, 11) is 0. The van der Waals surface area contributed by atoms with Crippen molar-refractivity contribution in [3.05, 3.63) is 47.8 Å². The number of halogens is 1. The molecule has 0 aliphatic carbocycles. The Labute approximate surface area is 123 Å². The zero-order valence-electron chi connectivity index (χ0n) is 11.9. The molecule has 1 atom stereocenters. The number of nitrogens with one attached hydrogen (secondary N) is 1. The second-order valence-electron chi connectivity index (χ2n) is 5.91. The van der Waals surface area contributed by atoms with Crippen molar-refractivity contribution in [2.24, 2.45) is 0 Å². The molecule has 1 saturated heterocycles. The van der Waals surface area contributed by atoms with E-state index in [0.29, 0.717) is 6.04 Å². The van der Waals surface area contributed by atoms with E-state index < -0.39 is 0 Å². The molecule has 0 spiro atoms. The highest BCUT2D eigenvalue weighted by molar-refractivity contribution is 5.47. The monoisotopic (exact) mass is 286 g/mol. The lowest BCUT2D eigenvalue weighted by Gasteiger charge is -2.31. The van der Waals surface area contributed by atoms with Crippen molar-refractivity contribution in [3.63, 3.8) is 0 Å². The minimum Gasteiger partial charge on any atom is -0.370 e. The summed E-state index contributed by atoms with van der Waals surface area (Å²) in [5, 5.41) is 0. The molecule has 0 bridgehead atoms. The van der Waals surface area contributed by atoms with Crippen molar-refractivity contribution in [3.8, 4) is 0 Å². The maximum atomic E-state index is 13.0. The molecule has 4 rings (SSSR count). The van der Waals surface area contributed by atoms with Gasteiger partial charge in [0.15, 0.2) is 0 Å². The van der Waals surface area contributed by atoms with Crippen LogP contribution in [0, 0.1) is 5.82 Å². The van der Waals surface area contributed by atoms with Crippen LogP contribution in [0.1, 0.15) is 17.8 Å². The Morgan fingerprint density at radius 1 is 1.19 bits per heavy atom. The molecule has 0 saturated carbocycles. The molecule has 1 aromatic heterocycles. The summed E-state index contributed by atoms with van der Waals surface area (Å²) < 4.78 is 13.0. The minimum absolute atomic E-state index is 0.169. The largest absolute Gasteiger partial charge is 0.370 e. The normalized spacial score (nSPS) is 22.5. The van der Waals surface area contributed by atoms with Crippen LogP contribution < -0.4 is 4.90 Å². The van der Waals surface area contributed by atoms with Crippen LogP contribution in [0.4, 0.5) is 10.1 Å². The van der Waals surface area contributed by atoms with E-state index in [1.54, 1.807) is 18.5 Å². The molecule has 2 aliphatic heterocycles. The lowest BCUT2D eigenvalue weighted by atomic mass is 10.1. The molecule has 2 aliphatic rings. The number of aromatic amines is 1. The van der Waals surface area contributed by atoms with Gasteiger partial charge in [0.2, 0.25) is 0 Å². The topological polar surface area (TPSA) is 35.2 Å². The van der Waals surface area contributed by atoms with E-state index in [1.807, 2.05) is 12.1 Å². The summed E-state index contributed by atoms with van der Waals surface area (Å²) in [6.07, 6.45) is 4.00. The summed E-state index contributed by atoms with van der Waals surface area (Å²) in [6.45, 7) is 4.12. The first-order chi connectivity index (χ1) is 10.3. The molecule has 0 unspecified atom stereocenters. The van der Waals surface area contributed by atoms with Gasteiger partial charge in [0.1, 0.15) is 5.82 Å². The van der Waals surface area contributed by atoms with Crippen molar-refractivity contribution < 1.29 is 4.39 Å². The third-order valence-corrected chi connectivity index (χ3v) is 4.68. The highest BCUT2D eigenvalue weighted by Gasteiger charge is 2.30. The zero-order valence-corrected chi connectivity index (χ0v) is 11.9. The lowest BCUT2D eigenvalue weighted by molar-refractivity contribution is 0.188. The van der Waals surface area contributed by atoms with Crippen LogP contribution in [0.25, 0.3) is 0 Å². The highest BCUT2D eigenvalue weighted by Crippen LogP contribution is 2.26. The summed E-state index contributed by atoms with van der Waals surface area (Å²) in [6, 6.07) is 7.41. The van der Waals surface area contributed by atoms with Crippen LogP contribution >= 0.6 is 0 Å². The quantitative estimate of drug-likeness (QED) is 0.919. The highest BCUT2D eigenvalue weighted by atomic mass is 19.1. The summed E-state index contributed by atoms with van der Waals surface area (Å²) in [5.41, 5.74) is 3.61. The van der Waals surface area contributed by atoms with Crippen LogP contribution in [-0.2, 0) is 13.0 Å². The number of imidazole rings is 1. The SMILES string of the molecule is Fc1ccc(N2CC[C@H](N3CCc4nc[nH]c4C3)C2)cc1. The fourth-order valence-corrected chi connectivity index (χ4v) is 3.47. The average Bonchev–Trinajstić information content (AvgIpc) is 3.16. The second-order valence-corrected chi connectivity index (χ2v) is 5.91. The molecular weight excluding hydrogens is 267 g/mol. The van der Waals surface area contributed by atoms with Crippen LogP contribution in [0.5, 0.6) is 0 Å². The summed E-state index contributed by atoms with van der Waals surface area (Å²) in [4.78, 5) is 12.5. The van der Waals surface area contributed by atoms with Crippen molar-refractivity contribution in [2.45, 2.75) is 25.4 Å². The van der Waals surface area contributed by atoms with E-state index in [1.165, 1.54) is 17.8 Å². The van der Waals surface area contributed by atoms with Gasteiger partial charge in [0, 0.05) is 44.3 Å². The molecule has 110 valence electrons. The number of hydrogen-bond donors (Lipinski definition) is 1. The van der Waals surface area contributed by atoms with Gasteiger partial charge in [-0.25, -0.2) is 9.37 Å². The van der Waals surface area contributed by atoms with E-state index in [4.69, 9.17) is 0 Å². The Morgan fingerprint density at radius 3 is 2.90 bits per heavy atom. The van der Waals surface area contributed by atoms with Gasteiger partial charge in [0.05, 0.1) is 17.7 Å². The number of H-pyrrole nitrogens is 1. The second kappa shape index (κ2) is 5.15. The Kier molecular flexibility index (Phi) is 3.15. The number of nitrogens with zero attached hydrogens (tertiary/aromatic N) is 3. The van der Waals surface area contributed by atoms with Gasteiger partial charge < -0.3 is 9.88 Å². The predicted octanol–water partition coefficient (Wildman–Crippen LogP) is 2.19. The van der Waals surface area contributed by atoms with Gasteiger partial charge in [0.25, 0.3) is 0 Å². The average molecular weight is 286 g/mol. The zero-order chi connectivity index (χ0) is 14.2. The van der Waals surface area contributed by atoms with Crippen molar-refractivity contribution in [1.82, 2.24) is 14.9 Å². The smallest absolute Gasteiger partial charge is 0.123 e. The molecule has 21 heavy (non-hydrogen) atoms. The Balaban J connectivity index is 1.44. The van der Waals surface area contributed by atoms with E-state index in [2.05, 4.69) is 19.8 Å². The third kappa shape index (κ3) is 2.42. The Morgan fingerprint density at radius 2 is 2.05 bits per heavy atom. The Bertz CT molecular complexity index is 621. The Hall–Kier alpha value is -1.88. The molecule has 4 nitrogen and oxygen atoms in total. The number of aromatic nitrogens is 2. The van der Waals surface area contributed by atoms with Crippen LogP contribution in [0.2, 0.25) is 0 Å². The first-order valence-electron chi connectivity index (χ1n) is 7.55. The minimum atomic E-state index is -0.169.